The summed E-state index contributed by atoms with van der Waals surface area (Å²) in [5.74, 6) is -0.293. The average Bonchev–Trinajstić information content (AvgIpc) is 2.89. The zero-order valence-corrected chi connectivity index (χ0v) is 23.9. The van der Waals surface area contributed by atoms with Crippen molar-refractivity contribution < 1.29 is 14.1 Å². The fourth-order valence-electron chi connectivity index (χ4n) is 5.79. The number of imide groups is 1. The zero-order chi connectivity index (χ0) is 26.5. The largest absolute Gasteiger partial charge is 0.328 e. The maximum atomic E-state index is 13.1. The van der Waals surface area contributed by atoms with Crippen molar-refractivity contribution in [1.29, 1.82) is 0 Å². The number of nitrogens with zero attached hydrogens (tertiary/aromatic N) is 2. The van der Waals surface area contributed by atoms with Crippen LogP contribution in [0.15, 0.2) is 36.4 Å². The zero-order valence-electron chi connectivity index (χ0n) is 23.9. The van der Waals surface area contributed by atoms with Crippen molar-refractivity contribution in [2.24, 2.45) is 0 Å². The number of benzene rings is 2. The Bertz CT molecular complexity index is 946. The Kier molecular flexibility index (Phi) is 12.1. The molecule has 0 fully saturated rings. The maximum Gasteiger partial charge on any atom is 0.261 e. The van der Waals surface area contributed by atoms with E-state index in [1.165, 1.54) is 94.8 Å². The van der Waals surface area contributed by atoms with Crippen molar-refractivity contribution in [2.45, 2.75) is 103 Å². The van der Waals surface area contributed by atoms with Gasteiger partial charge in [0.2, 0.25) is 0 Å². The summed E-state index contributed by atoms with van der Waals surface area (Å²) in [4.78, 5) is 27.6. The normalized spacial score (nSPS) is 13.6. The van der Waals surface area contributed by atoms with Crippen LogP contribution in [0.3, 0.4) is 0 Å². The Hall–Kier alpha value is -2.20. The third-order valence-electron chi connectivity index (χ3n) is 8.12. The van der Waals surface area contributed by atoms with Gasteiger partial charge in [-0.3, -0.25) is 14.5 Å². The molecule has 0 saturated heterocycles. The molecular formula is C33H51N2O2+. The molecule has 2 amide bonds. The van der Waals surface area contributed by atoms with E-state index in [9.17, 15) is 9.59 Å². The fraction of sp³-hybridized carbons (Fsp3) is 0.636. The monoisotopic (exact) mass is 507 g/mol. The third kappa shape index (κ3) is 8.95. The molecule has 0 saturated carbocycles. The molecule has 1 aliphatic rings. The van der Waals surface area contributed by atoms with Crippen LogP contribution in [0.5, 0.6) is 0 Å². The second kappa shape index (κ2) is 15.3. The van der Waals surface area contributed by atoms with Crippen molar-refractivity contribution in [3.05, 3.63) is 47.5 Å². The van der Waals surface area contributed by atoms with Gasteiger partial charge < -0.3 is 4.48 Å². The molecule has 0 aliphatic carbocycles. The van der Waals surface area contributed by atoms with Gasteiger partial charge in [-0.2, -0.15) is 0 Å². The maximum absolute atomic E-state index is 13.1. The minimum absolute atomic E-state index is 0.147. The first-order chi connectivity index (χ1) is 17.9. The van der Waals surface area contributed by atoms with Gasteiger partial charge in [-0.1, -0.05) is 108 Å². The summed E-state index contributed by atoms with van der Waals surface area (Å²) in [5, 5.41) is 1.77. The first-order valence-corrected chi connectivity index (χ1v) is 15.1. The van der Waals surface area contributed by atoms with Gasteiger partial charge in [0.1, 0.15) is 0 Å². The van der Waals surface area contributed by atoms with Gasteiger partial charge in [0.15, 0.2) is 0 Å². The summed E-state index contributed by atoms with van der Waals surface area (Å²) in [5.41, 5.74) is 1.31. The first-order valence-electron chi connectivity index (χ1n) is 15.1. The Labute approximate surface area is 226 Å². The van der Waals surface area contributed by atoms with Crippen LogP contribution in [-0.4, -0.2) is 54.9 Å². The summed E-state index contributed by atoms with van der Waals surface area (Å²) in [7, 11) is 4.55. The Morgan fingerprint density at radius 3 is 1.51 bits per heavy atom. The van der Waals surface area contributed by atoms with Crippen LogP contribution in [0.1, 0.15) is 124 Å². The second-order valence-electron chi connectivity index (χ2n) is 11.8. The Balaban J connectivity index is 1.26. The smallest absolute Gasteiger partial charge is 0.261 e. The van der Waals surface area contributed by atoms with Crippen LogP contribution in [-0.2, 0) is 0 Å². The van der Waals surface area contributed by atoms with E-state index in [0.29, 0.717) is 17.7 Å². The van der Waals surface area contributed by atoms with Crippen LogP contribution in [0.25, 0.3) is 10.8 Å². The topological polar surface area (TPSA) is 37.4 Å². The van der Waals surface area contributed by atoms with E-state index >= 15 is 0 Å². The first kappa shape index (κ1) is 29.4. The van der Waals surface area contributed by atoms with E-state index in [0.717, 1.165) is 34.8 Å². The lowest BCUT2D eigenvalue weighted by molar-refractivity contribution is -0.890. The van der Waals surface area contributed by atoms with Gasteiger partial charge in [0.05, 0.1) is 27.2 Å². The third-order valence-corrected chi connectivity index (χ3v) is 8.12. The number of carbonyl (C=O) groups excluding carboxylic acids is 2. The van der Waals surface area contributed by atoms with E-state index < -0.39 is 0 Å². The fourth-order valence-corrected chi connectivity index (χ4v) is 5.79. The highest BCUT2D eigenvalue weighted by Crippen LogP contribution is 2.30. The Morgan fingerprint density at radius 2 is 1.03 bits per heavy atom. The average molecular weight is 508 g/mol. The summed E-state index contributed by atoms with van der Waals surface area (Å²) in [6.07, 6.45) is 20.2. The lowest BCUT2D eigenvalue weighted by Crippen LogP contribution is -2.45. The standard InChI is InChI=1S/C33H51N2O2/c1-4-5-6-7-8-9-10-11-12-13-14-15-16-17-26-35(2,3)27-20-25-34-32(36)29-23-18-21-28-22-19-24-30(31(28)29)33(34)37/h18-19,21-24H,4-17,20,25-27H2,1-3H3/q+1. The van der Waals surface area contributed by atoms with Crippen LogP contribution >= 0.6 is 0 Å². The highest BCUT2D eigenvalue weighted by molar-refractivity contribution is 6.25. The van der Waals surface area contributed by atoms with Gasteiger partial charge in [-0.05, 0) is 30.4 Å². The number of unbranched alkanes of at least 4 members (excludes halogenated alkanes) is 13. The SMILES string of the molecule is CCCCCCCCCCCCCCCC[N+](C)(C)CCCN1C(=O)c2cccc3cccc(c23)C1=O. The molecule has 0 aromatic heterocycles. The molecule has 0 N–H and O–H groups in total. The van der Waals surface area contributed by atoms with E-state index in [1.807, 2.05) is 36.4 Å². The molecule has 204 valence electrons. The van der Waals surface area contributed by atoms with E-state index in [1.54, 1.807) is 0 Å². The second-order valence-corrected chi connectivity index (χ2v) is 11.8. The minimum Gasteiger partial charge on any atom is -0.328 e. The molecule has 4 heteroatoms. The van der Waals surface area contributed by atoms with Crippen LogP contribution < -0.4 is 0 Å². The highest BCUT2D eigenvalue weighted by atomic mass is 16.2. The van der Waals surface area contributed by atoms with Crippen molar-refractivity contribution in [3.63, 3.8) is 0 Å². The molecule has 4 nitrogen and oxygen atoms in total. The number of carbonyl (C=O) groups is 2. The van der Waals surface area contributed by atoms with E-state index in [4.69, 9.17) is 0 Å². The number of hydrogen-bond donors (Lipinski definition) is 0. The summed E-state index contributed by atoms with van der Waals surface area (Å²) in [6.45, 7) is 4.90. The molecule has 0 radical (unpaired) electrons. The predicted molar refractivity (Wildman–Crippen MR) is 156 cm³/mol. The van der Waals surface area contributed by atoms with Gasteiger partial charge in [0.25, 0.3) is 11.8 Å². The van der Waals surface area contributed by atoms with Crippen LogP contribution in [0, 0.1) is 0 Å². The van der Waals surface area contributed by atoms with E-state index in [2.05, 4.69) is 21.0 Å². The molecule has 1 heterocycles. The van der Waals surface area contributed by atoms with Crippen molar-refractivity contribution in [3.8, 4) is 0 Å². The molecule has 2 aromatic rings. The quantitative estimate of drug-likeness (QED) is 0.109. The van der Waals surface area contributed by atoms with Gasteiger partial charge in [-0.25, -0.2) is 0 Å². The predicted octanol–water partition coefficient (Wildman–Crippen LogP) is 8.38. The summed E-state index contributed by atoms with van der Waals surface area (Å²) >= 11 is 0. The lowest BCUT2D eigenvalue weighted by Gasteiger charge is -2.32. The molecular weight excluding hydrogens is 456 g/mol. The molecule has 3 rings (SSSR count). The molecule has 37 heavy (non-hydrogen) atoms. The van der Waals surface area contributed by atoms with Crippen molar-refractivity contribution in [2.75, 3.05) is 33.7 Å². The number of hydrogen-bond acceptors (Lipinski definition) is 2. The lowest BCUT2D eigenvalue weighted by atomic mass is 9.94. The van der Waals surface area contributed by atoms with Gasteiger partial charge in [0, 0.05) is 29.5 Å². The molecule has 2 aromatic carbocycles. The molecule has 1 aliphatic heterocycles. The molecule has 0 bridgehead atoms. The van der Waals surface area contributed by atoms with E-state index in [-0.39, 0.29) is 11.8 Å². The number of rotatable bonds is 19. The van der Waals surface area contributed by atoms with Crippen LogP contribution in [0.4, 0.5) is 0 Å². The molecule has 0 atom stereocenters. The van der Waals surface area contributed by atoms with Gasteiger partial charge >= 0.3 is 0 Å². The number of amides is 2. The van der Waals surface area contributed by atoms with Gasteiger partial charge in [-0.15, -0.1) is 0 Å². The van der Waals surface area contributed by atoms with Crippen molar-refractivity contribution >= 4 is 22.6 Å². The van der Waals surface area contributed by atoms with Crippen LogP contribution in [0.2, 0.25) is 0 Å². The molecule has 0 unspecified atom stereocenters. The summed E-state index contributed by atoms with van der Waals surface area (Å²) in [6, 6.07) is 11.5. The molecule has 0 spiro atoms. The highest BCUT2D eigenvalue weighted by Gasteiger charge is 2.32. The summed E-state index contributed by atoms with van der Waals surface area (Å²) < 4.78 is 0.945. The minimum atomic E-state index is -0.147. The Morgan fingerprint density at radius 1 is 0.595 bits per heavy atom. The number of quaternary nitrogens is 1. The van der Waals surface area contributed by atoms with Crippen molar-refractivity contribution in [1.82, 2.24) is 4.90 Å².